The van der Waals surface area contributed by atoms with Gasteiger partial charge in [-0.1, -0.05) is 18.2 Å². The number of nitrogens with one attached hydrogen (secondary N) is 1. The van der Waals surface area contributed by atoms with Gasteiger partial charge in [-0.25, -0.2) is 0 Å². The summed E-state index contributed by atoms with van der Waals surface area (Å²) in [5.41, 5.74) is 1.50. The van der Waals surface area contributed by atoms with Crippen molar-refractivity contribution < 1.29 is 19.1 Å². The molecule has 1 heterocycles. The highest BCUT2D eigenvalue weighted by Gasteiger charge is 2.32. The van der Waals surface area contributed by atoms with Crippen molar-refractivity contribution in [3.05, 3.63) is 59.7 Å². The zero-order valence-corrected chi connectivity index (χ0v) is 15.6. The molecule has 1 N–H and O–H groups in total. The highest BCUT2D eigenvalue weighted by molar-refractivity contribution is 5.96. The molecule has 1 aliphatic rings. The molecule has 1 fully saturated rings. The highest BCUT2D eigenvalue weighted by atomic mass is 16.5. The molecular weight excluding hydrogens is 344 g/mol. The Morgan fingerprint density at radius 3 is 2.59 bits per heavy atom. The lowest BCUT2D eigenvalue weighted by Crippen LogP contribution is -2.39. The van der Waals surface area contributed by atoms with Gasteiger partial charge < -0.3 is 19.7 Å². The van der Waals surface area contributed by atoms with Gasteiger partial charge in [-0.15, -0.1) is 0 Å². The summed E-state index contributed by atoms with van der Waals surface area (Å²) in [6.07, 6.45) is 1.78. The third kappa shape index (κ3) is 4.22. The third-order valence-electron chi connectivity index (χ3n) is 4.81. The van der Waals surface area contributed by atoms with Crippen molar-refractivity contribution in [2.24, 2.45) is 0 Å². The summed E-state index contributed by atoms with van der Waals surface area (Å²) in [6.45, 7) is 0.641. The van der Waals surface area contributed by atoms with E-state index in [2.05, 4.69) is 5.32 Å². The first kappa shape index (κ1) is 18.8. The van der Waals surface area contributed by atoms with Crippen molar-refractivity contribution in [3.63, 3.8) is 0 Å². The first-order chi connectivity index (χ1) is 13.1. The maximum absolute atomic E-state index is 12.7. The van der Waals surface area contributed by atoms with Crippen molar-refractivity contribution in [3.8, 4) is 11.5 Å². The number of rotatable bonds is 6. The van der Waals surface area contributed by atoms with E-state index in [-0.39, 0.29) is 24.4 Å². The SMILES string of the molecule is COc1ccc([C@H]2CCCN2C(=O)CNC(=O)c2ccccc2)c(OC)c1. The van der Waals surface area contributed by atoms with Crippen LogP contribution in [0.1, 0.15) is 34.8 Å². The molecule has 6 heteroatoms. The van der Waals surface area contributed by atoms with Gasteiger partial charge in [0.15, 0.2) is 0 Å². The second-order valence-corrected chi connectivity index (χ2v) is 6.40. The molecule has 0 aromatic heterocycles. The third-order valence-corrected chi connectivity index (χ3v) is 4.81. The number of carbonyl (C=O) groups excluding carboxylic acids is 2. The number of hydrogen-bond donors (Lipinski definition) is 1. The molecule has 0 aliphatic carbocycles. The van der Waals surface area contributed by atoms with Gasteiger partial charge >= 0.3 is 0 Å². The molecule has 1 aliphatic heterocycles. The lowest BCUT2D eigenvalue weighted by molar-refractivity contribution is -0.131. The summed E-state index contributed by atoms with van der Waals surface area (Å²) >= 11 is 0. The normalized spacial score (nSPS) is 16.1. The average Bonchev–Trinajstić information content (AvgIpc) is 3.21. The fourth-order valence-electron chi connectivity index (χ4n) is 3.43. The van der Waals surface area contributed by atoms with Gasteiger partial charge in [0, 0.05) is 23.7 Å². The maximum atomic E-state index is 12.7. The minimum Gasteiger partial charge on any atom is -0.497 e. The Balaban J connectivity index is 1.69. The van der Waals surface area contributed by atoms with Crippen LogP contribution in [0.4, 0.5) is 0 Å². The number of ether oxygens (including phenoxy) is 2. The number of benzene rings is 2. The Morgan fingerprint density at radius 2 is 1.89 bits per heavy atom. The summed E-state index contributed by atoms with van der Waals surface area (Å²) in [4.78, 5) is 26.7. The molecule has 0 spiro atoms. The van der Waals surface area contributed by atoms with E-state index in [0.717, 1.165) is 18.4 Å². The van der Waals surface area contributed by atoms with E-state index in [1.54, 1.807) is 38.5 Å². The summed E-state index contributed by atoms with van der Waals surface area (Å²) in [7, 11) is 3.22. The van der Waals surface area contributed by atoms with Crippen molar-refractivity contribution >= 4 is 11.8 Å². The number of carbonyl (C=O) groups is 2. The molecule has 2 aromatic rings. The van der Waals surface area contributed by atoms with Crippen molar-refractivity contribution in [2.45, 2.75) is 18.9 Å². The van der Waals surface area contributed by atoms with Crippen LogP contribution in [0.15, 0.2) is 48.5 Å². The van der Waals surface area contributed by atoms with Crippen LogP contribution in [0.25, 0.3) is 0 Å². The van der Waals surface area contributed by atoms with Crippen molar-refractivity contribution in [1.29, 1.82) is 0 Å². The Labute approximate surface area is 159 Å². The summed E-state index contributed by atoms with van der Waals surface area (Å²) < 4.78 is 10.7. The molecule has 142 valence electrons. The highest BCUT2D eigenvalue weighted by Crippen LogP contribution is 2.38. The van der Waals surface area contributed by atoms with Crippen molar-refractivity contribution in [2.75, 3.05) is 27.3 Å². The molecule has 0 saturated carbocycles. The van der Waals surface area contributed by atoms with E-state index in [4.69, 9.17) is 9.47 Å². The van der Waals surface area contributed by atoms with Crippen LogP contribution in [0.2, 0.25) is 0 Å². The summed E-state index contributed by atoms with van der Waals surface area (Å²) in [5.74, 6) is 1.07. The average molecular weight is 368 g/mol. The molecule has 2 aromatic carbocycles. The number of nitrogens with zero attached hydrogens (tertiary/aromatic N) is 1. The van der Waals surface area contributed by atoms with Gasteiger partial charge in [-0.2, -0.15) is 0 Å². The maximum Gasteiger partial charge on any atom is 0.251 e. The Hall–Kier alpha value is -3.02. The second kappa shape index (κ2) is 8.58. The van der Waals surface area contributed by atoms with Crippen LogP contribution in [-0.4, -0.2) is 44.0 Å². The van der Waals surface area contributed by atoms with Gasteiger partial charge in [0.2, 0.25) is 5.91 Å². The van der Waals surface area contributed by atoms with E-state index in [1.807, 2.05) is 29.2 Å². The van der Waals surface area contributed by atoms with Crippen LogP contribution in [0.3, 0.4) is 0 Å². The largest absolute Gasteiger partial charge is 0.497 e. The Kier molecular flexibility index (Phi) is 5.96. The smallest absolute Gasteiger partial charge is 0.251 e. The number of amides is 2. The lowest BCUT2D eigenvalue weighted by atomic mass is 10.0. The fourth-order valence-corrected chi connectivity index (χ4v) is 3.43. The topological polar surface area (TPSA) is 67.9 Å². The first-order valence-corrected chi connectivity index (χ1v) is 8.98. The number of likely N-dealkylation sites (tertiary alicyclic amines) is 1. The second-order valence-electron chi connectivity index (χ2n) is 6.40. The van der Waals surface area contributed by atoms with Gasteiger partial charge in [0.05, 0.1) is 26.8 Å². The fraction of sp³-hybridized carbons (Fsp3) is 0.333. The molecule has 3 rings (SSSR count). The van der Waals surface area contributed by atoms with Crippen LogP contribution in [0, 0.1) is 0 Å². The van der Waals surface area contributed by atoms with E-state index in [0.29, 0.717) is 23.6 Å². The van der Waals surface area contributed by atoms with E-state index >= 15 is 0 Å². The van der Waals surface area contributed by atoms with Gasteiger partial charge in [0.1, 0.15) is 11.5 Å². The standard InChI is InChI=1S/C21H24N2O4/c1-26-16-10-11-17(19(13-16)27-2)18-9-6-12-23(18)20(24)14-22-21(25)15-7-4-3-5-8-15/h3-5,7-8,10-11,13,18H,6,9,12,14H2,1-2H3,(H,22,25)/t18-/m1/s1. The minimum atomic E-state index is -0.248. The monoisotopic (exact) mass is 368 g/mol. The predicted octanol–water partition coefficient (Wildman–Crippen LogP) is 2.80. The zero-order chi connectivity index (χ0) is 19.2. The van der Waals surface area contributed by atoms with Crippen molar-refractivity contribution in [1.82, 2.24) is 10.2 Å². The van der Waals surface area contributed by atoms with E-state index in [1.165, 1.54) is 0 Å². The molecule has 0 radical (unpaired) electrons. The molecule has 6 nitrogen and oxygen atoms in total. The zero-order valence-electron chi connectivity index (χ0n) is 15.6. The van der Waals surface area contributed by atoms with Crippen LogP contribution < -0.4 is 14.8 Å². The lowest BCUT2D eigenvalue weighted by Gasteiger charge is -2.26. The summed E-state index contributed by atoms with van der Waals surface area (Å²) in [5, 5.41) is 2.71. The van der Waals surface area contributed by atoms with Gasteiger partial charge in [-0.05, 0) is 37.1 Å². The molecular formula is C21H24N2O4. The molecule has 1 atom stereocenters. The molecule has 0 unspecified atom stereocenters. The Bertz CT molecular complexity index is 807. The molecule has 27 heavy (non-hydrogen) atoms. The van der Waals surface area contributed by atoms with Crippen LogP contribution in [-0.2, 0) is 4.79 Å². The number of hydrogen-bond acceptors (Lipinski definition) is 4. The quantitative estimate of drug-likeness (QED) is 0.851. The van der Waals surface area contributed by atoms with E-state index < -0.39 is 0 Å². The Morgan fingerprint density at radius 1 is 1.11 bits per heavy atom. The molecule has 2 amide bonds. The van der Waals surface area contributed by atoms with Crippen LogP contribution >= 0.6 is 0 Å². The van der Waals surface area contributed by atoms with Gasteiger partial charge in [-0.3, -0.25) is 9.59 Å². The first-order valence-electron chi connectivity index (χ1n) is 8.98. The van der Waals surface area contributed by atoms with Crippen LogP contribution in [0.5, 0.6) is 11.5 Å². The molecule has 1 saturated heterocycles. The number of methoxy groups -OCH3 is 2. The predicted molar refractivity (Wildman–Crippen MR) is 102 cm³/mol. The van der Waals surface area contributed by atoms with Gasteiger partial charge in [0.25, 0.3) is 5.91 Å². The van der Waals surface area contributed by atoms with E-state index in [9.17, 15) is 9.59 Å². The molecule has 0 bridgehead atoms. The summed E-state index contributed by atoms with van der Waals surface area (Å²) in [6, 6.07) is 14.5. The minimum absolute atomic E-state index is 0.0251.